The summed E-state index contributed by atoms with van der Waals surface area (Å²) < 4.78 is 23.8. The zero-order valence-electron chi connectivity index (χ0n) is 38.7. The summed E-state index contributed by atoms with van der Waals surface area (Å²) in [6.07, 6.45) is 3.06. The topological polar surface area (TPSA) is 69.6 Å². The minimum atomic E-state index is -1.95. The fourth-order valence-electron chi connectivity index (χ4n) is 8.75. The van der Waals surface area contributed by atoms with Gasteiger partial charge >= 0.3 is 130 Å². The molecule has 4 aromatic carbocycles. The second-order valence-electron chi connectivity index (χ2n) is 19.4. The molecule has 0 aliphatic rings. The molecule has 0 unspecified atom stereocenters. The van der Waals surface area contributed by atoms with Gasteiger partial charge in [-0.05, 0) is 75.2 Å². The fourth-order valence-corrected chi connectivity index (χ4v) is 12.1. The van der Waals surface area contributed by atoms with Gasteiger partial charge in [0.2, 0.25) is 5.71 Å². The summed E-state index contributed by atoms with van der Waals surface area (Å²) in [6.45, 7) is 21.6. The molecule has 9 rings (SSSR count). The Hall–Kier alpha value is -5.02. The van der Waals surface area contributed by atoms with Gasteiger partial charge in [0.1, 0.15) is 0 Å². The van der Waals surface area contributed by atoms with Crippen molar-refractivity contribution < 1.29 is 28.9 Å². The Balaban J connectivity index is 0.000000229. The van der Waals surface area contributed by atoms with E-state index in [-0.39, 0.29) is 31.3 Å². The molecule has 5 heterocycles. The van der Waals surface area contributed by atoms with Gasteiger partial charge in [-0.1, -0.05) is 56.3 Å². The number of pyridine rings is 3. The van der Waals surface area contributed by atoms with Gasteiger partial charge in [-0.15, -0.1) is 17.7 Å². The molecule has 0 amide bonds. The predicted octanol–water partition coefficient (Wildman–Crippen LogP) is 13.6. The monoisotopic (exact) mass is 1080 g/mol. The number of aryl methyl sites for hydroxylation is 5. The van der Waals surface area contributed by atoms with Crippen molar-refractivity contribution in [3.8, 4) is 28.3 Å². The van der Waals surface area contributed by atoms with Gasteiger partial charge in [-0.25, -0.2) is 4.98 Å². The summed E-state index contributed by atoms with van der Waals surface area (Å²) >= 11 is -1.95. The Kier molecular flexibility index (Phi) is 12.8. The standard InChI is InChI=1S/C36H33N4O.C18H23FGeN.Ir/c1-19-17-21(3)31(22(4)18-19)40-32-24-12-10-23(5)37-27(24)14-15-28(32)38-34(40)26-11-9-20(2)30-25-13-16-29(36(6,7)8)39-35(25)41-33(26)30;1-13(2)9-15-11-18(14-7-6-8-16(19)10-14)21-12-17(15)20(3,4)5;/h9-10,12-18H,1-8H3;6,8,10-13H,9H2,1-5H3;/q2*-1;. The molecule has 0 N–H and O–H groups in total. The van der Waals surface area contributed by atoms with Gasteiger partial charge in [-0.3, -0.25) is 9.97 Å². The maximum atomic E-state index is 13.4. The first kappa shape index (κ1) is 46.0. The minimum Gasteiger partial charge on any atom is -0.486 e. The zero-order valence-corrected chi connectivity index (χ0v) is 43.2. The quantitative estimate of drug-likeness (QED) is 0.123. The Morgan fingerprint density at radius 1 is 0.794 bits per heavy atom. The molecule has 0 saturated heterocycles. The summed E-state index contributed by atoms with van der Waals surface area (Å²) in [5.41, 5.74) is 15.8. The van der Waals surface area contributed by atoms with Crippen LogP contribution in [0.4, 0.5) is 4.39 Å². The fraction of sp³-hybridized carbons (Fsp3) is 0.296. The summed E-state index contributed by atoms with van der Waals surface area (Å²) in [7, 11) is 0. The number of imidazole rings is 1. The molecule has 0 spiro atoms. The van der Waals surface area contributed by atoms with E-state index in [9.17, 15) is 4.39 Å². The van der Waals surface area contributed by atoms with Gasteiger partial charge in [0.15, 0.2) is 0 Å². The maximum Gasteiger partial charge on any atom is 0.216 e. The average molecular weight is 1070 g/mol. The van der Waals surface area contributed by atoms with Crippen molar-refractivity contribution in [1.82, 2.24) is 24.5 Å². The molecule has 5 aromatic heterocycles. The van der Waals surface area contributed by atoms with Crippen LogP contribution in [0, 0.1) is 58.5 Å². The number of fused-ring (bicyclic) bond motifs is 6. The number of aromatic nitrogens is 5. The molecule has 6 nitrogen and oxygen atoms in total. The van der Waals surface area contributed by atoms with Gasteiger partial charge in [0, 0.05) is 53.4 Å². The maximum absolute atomic E-state index is 13.4. The molecule has 0 atom stereocenters. The summed E-state index contributed by atoms with van der Waals surface area (Å²) in [6, 6.07) is 32.4. The summed E-state index contributed by atoms with van der Waals surface area (Å²) in [5.74, 6) is 8.30. The number of nitrogens with zero attached hydrogens (tertiary/aromatic N) is 5. The van der Waals surface area contributed by atoms with E-state index in [1.165, 1.54) is 38.8 Å². The molecule has 0 saturated carbocycles. The van der Waals surface area contributed by atoms with Crippen LogP contribution in [0.1, 0.15) is 73.8 Å². The number of furan rings is 1. The molecule has 63 heavy (non-hydrogen) atoms. The molecule has 325 valence electrons. The third-order valence-corrected chi connectivity index (χ3v) is 15.9. The number of rotatable bonds is 6. The number of halogens is 1. The Morgan fingerprint density at radius 2 is 1.49 bits per heavy atom. The SMILES string of the molecule is CC(C)Cc1cc(-c2[c-]ccc(F)c2)nc[c]1[Ge]([CH3])([CH3])[CH3].Cc1cc(C)c(-n2c(-c3[c-]cc(C)c4c3oc3nc(C(C)(C)C)ccc34)nc3ccc4nc(C)ccc4c32)c(C)c1.[Ir]. The van der Waals surface area contributed by atoms with E-state index in [0.717, 1.165) is 90.0 Å². The average Bonchev–Trinajstić information content (AvgIpc) is 3.76. The number of hydrogen-bond acceptors (Lipinski definition) is 5. The van der Waals surface area contributed by atoms with E-state index in [2.05, 4.69) is 156 Å². The van der Waals surface area contributed by atoms with Crippen LogP contribution in [0.3, 0.4) is 0 Å². The van der Waals surface area contributed by atoms with E-state index < -0.39 is 13.3 Å². The number of hydrogen-bond donors (Lipinski definition) is 0. The molecule has 0 aliphatic heterocycles. The summed E-state index contributed by atoms with van der Waals surface area (Å²) in [4.78, 5) is 19.6. The first-order chi connectivity index (χ1) is 29.3. The second kappa shape index (κ2) is 17.5. The molecule has 9 heteroatoms. The van der Waals surface area contributed by atoms with E-state index >= 15 is 0 Å². The van der Waals surface area contributed by atoms with Crippen molar-refractivity contribution in [3.05, 3.63) is 142 Å². The largest absolute Gasteiger partial charge is 0.486 e. The van der Waals surface area contributed by atoms with Crippen molar-refractivity contribution >= 4 is 61.7 Å². The molecular weight excluding hydrogens is 1020 g/mol. The van der Waals surface area contributed by atoms with Gasteiger partial charge < -0.3 is 8.98 Å². The molecule has 0 bridgehead atoms. The van der Waals surface area contributed by atoms with Crippen molar-refractivity contribution in [1.29, 1.82) is 0 Å². The van der Waals surface area contributed by atoms with Crippen LogP contribution in [0.5, 0.6) is 0 Å². The predicted molar refractivity (Wildman–Crippen MR) is 258 cm³/mol. The molecular formula is C54H56FGeIrN5O-2. The molecule has 1 radical (unpaired) electrons. The first-order valence-electron chi connectivity index (χ1n) is 21.6. The van der Waals surface area contributed by atoms with E-state index in [1.807, 2.05) is 19.2 Å². The van der Waals surface area contributed by atoms with Crippen LogP contribution in [-0.2, 0) is 31.9 Å². The van der Waals surface area contributed by atoms with Crippen LogP contribution >= 0.6 is 0 Å². The van der Waals surface area contributed by atoms with Crippen molar-refractivity contribution in [3.63, 3.8) is 0 Å². The third kappa shape index (κ3) is 9.05. The normalized spacial score (nSPS) is 12.0. The van der Waals surface area contributed by atoms with Crippen LogP contribution in [0.15, 0.2) is 89.5 Å². The smallest absolute Gasteiger partial charge is 0.216 e. The number of benzene rings is 4. The van der Waals surface area contributed by atoms with Gasteiger partial charge in [0.25, 0.3) is 0 Å². The van der Waals surface area contributed by atoms with Crippen molar-refractivity contribution in [2.24, 2.45) is 5.92 Å². The zero-order chi connectivity index (χ0) is 44.4. The molecule has 9 aromatic rings. The van der Waals surface area contributed by atoms with Gasteiger partial charge in [-0.2, -0.15) is 0 Å². The van der Waals surface area contributed by atoms with Crippen LogP contribution in [-0.4, -0.2) is 37.8 Å². The van der Waals surface area contributed by atoms with E-state index in [4.69, 9.17) is 19.4 Å². The first-order valence-corrected chi connectivity index (χ1v) is 28.9. The Bertz CT molecular complexity index is 3160. The molecule has 0 aliphatic carbocycles. The molecule has 0 fully saturated rings. The van der Waals surface area contributed by atoms with Crippen LogP contribution < -0.4 is 4.40 Å². The minimum absolute atomic E-state index is 0. The van der Waals surface area contributed by atoms with Gasteiger partial charge in [0.05, 0.1) is 28.0 Å². The van der Waals surface area contributed by atoms with E-state index in [0.29, 0.717) is 11.6 Å². The van der Waals surface area contributed by atoms with Crippen molar-refractivity contribution in [2.75, 3.05) is 0 Å². The van der Waals surface area contributed by atoms with Crippen LogP contribution in [0.25, 0.3) is 72.3 Å². The Morgan fingerprint density at radius 3 is 2.16 bits per heavy atom. The second-order valence-corrected chi connectivity index (χ2v) is 30.0. The Labute approximate surface area is 387 Å². The van der Waals surface area contributed by atoms with Crippen molar-refractivity contribution in [2.45, 2.75) is 98.3 Å². The van der Waals surface area contributed by atoms with E-state index in [1.54, 1.807) is 6.07 Å². The third-order valence-electron chi connectivity index (χ3n) is 11.5. The van der Waals surface area contributed by atoms with Crippen LogP contribution in [0.2, 0.25) is 17.3 Å². The summed E-state index contributed by atoms with van der Waals surface area (Å²) in [5, 5.41) is 3.13.